The largest absolute Gasteiger partial charge is 0.398 e. The maximum atomic E-state index is 13.3. The fourth-order valence-electron chi connectivity index (χ4n) is 2.68. The first-order valence-corrected chi connectivity index (χ1v) is 7.20. The third kappa shape index (κ3) is 2.93. The average Bonchev–Trinajstić information content (AvgIpc) is 3.26. The predicted octanol–water partition coefficient (Wildman–Crippen LogP) is 1.58. The van der Waals surface area contributed by atoms with Crippen molar-refractivity contribution >= 4 is 11.6 Å². The highest BCUT2D eigenvalue weighted by atomic mass is 19.1. The topological polar surface area (TPSA) is 49.6 Å². The van der Waals surface area contributed by atoms with Crippen LogP contribution in [0.25, 0.3) is 0 Å². The van der Waals surface area contributed by atoms with Gasteiger partial charge in [-0.05, 0) is 37.0 Å². The summed E-state index contributed by atoms with van der Waals surface area (Å²) in [6, 6.07) is 3.96. The van der Waals surface area contributed by atoms with Crippen LogP contribution in [0.15, 0.2) is 18.2 Å². The minimum Gasteiger partial charge on any atom is -0.398 e. The smallest absolute Gasteiger partial charge is 0.256 e. The highest BCUT2D eigenvalue weighted by Crippen LogP contribution is 2.30. The van der Waals surface area contributed by atoms with Crippen molar-refractivity contribution < 1.29 is 9.18 Å². The summed E-state index contributed by atoms with van der Waals surface area (Å²) in [4.78, 5) is 16.6. The molecule has 0 atom stereocenters. The Morgan fingerprint density at radius 3 is 2.60 bits per heavy atom. The zero-order valence-corrected chi connectivity index (χ0v) is 11.5. The van der Waals surface area contributed by atoms with Gasteiger partial charge in [-0.15, -0.1) is 0 Å². The lowest BCUT2D eigenvalue weighted by Gasteiger charge is -2.35. The van der Waals surface area contributed by atoms with E-state index in [1.54, 1.807) is 4.90 Å². The highest BCUT2D eigenvalue weighted by molar-refractivity contribution is 5.99. The molecule has 2 aliphatic rings. The van der Waals surface area contributed by atoms with Crippen LogP contribution in [0.3, 0.4) is 0 Å². The number of hydrogen-bond donors (Lipinski definition) is 1. The van der Waals surface area contributed by atoms with Gasteiger partial charge in [0.05, 0.1) is 5.56 Å². The fraction of sp³-hybridized carbons (Fsp3) is 0.533. The lowest BCUT2D eigenvalue weighted by atomic mass is 10.1. The number of benzene rings is 1. The second-order valence-electron chi connectivity index (χ2n) is 5.77. The molecule has 4 nitrogen and oxygen atoms in total. The van der Waals surface area contributed by atoms with E-state index in [2.05, 4.69) is 4.90 Å². The Morgan fingerprint density at radius 2 is 1.95 bits per heavy atom. The van der Waals surface area contributed by atoms with E-state index >= 15 is 0 Å². The van der Waals surface area contributed by atoms with Crippen LogP contribution in [0.5, 0.6) is 0 Å². The lowest BCUT2D eigenvalue weighted by molar-refractivity contribution is 0.0632. The van der Waals surface area contributed by atoms with Crippen molar-refractivity contribution in [2.75, 3.05) is 38.5 Å². The summed E-state index contributed by atoms with van der Waals surface area (Å²) in [6.45, 7) is 4.35. The summed E-state index contributed by atoms with van der Waals surface area (Å²) in [5, 5.41) is 0. The van der Waals surface area contributed by atoms with Gasteiger partial charge in [0.15, 0.2) is 0 Å². The normalized spacial score (nSPS) is 20.1. The Labute approximate surface area is 118 Å². The molecule has 1 amide bonds. The zero-order chi connectivity index (χ0) is 14.1. The number of anilines is 1. The Balaban J connectivity index is 1.61. The number of rotatable bonds is 3. The Hall–Kier alpha value is -1.62. The molecule has 0 spiro atoms. The van der Waals surface area contributed by atoms with Gasteiger partial charge in [-0.25, -0.2) is 4.39 Å². The van der Waals surface area contributed by atoms with Crippen LogP contribution in [0.2, 0.25) is 0 Å². The Bertz CT molecular complexity index is 508. The Morgan fingerprint density at radius 1 is 1.25 bits per heavy atom. The number of amides is 1. The highest BCUT2D eigenvalue weighted by Gasteiger charge is 2.28. The summed E-state index contributed by atoms with van der Waals surface area (Å²) in [5.74, 6) is 0.291. The number of carbonyl (C=O) groups is 1. The maximum Gasteiger partial charge on any atom is 0.256 e. The summed E-state index contributed by atoms with van der Waals surface area (Å²) >= 11 is 0. The van der Waals surface area contributed by atoms with E-state index in [0.29, 0.717) is 18.8 Å². The van der Waals surface area contributed by atoms with E-state index in [1.807, 2.05) is 0 Å². The number of piperazine rings is 1. The van der Waals surface area contributed by atoms with Crippen LogP contribution in [0.1, 0.15) is 23.2 Å². The molecular weight excluding hydrogens is 257 g/mol. The minimum absolute atomic E-state index is 0.159. The van der Waals surface area contributed by atoms with Crippen molar-refractivity contribution in [3.8, 4) is 0 Å². The second kappa shape index (κ2) is 5.40. The molecule has 0 aromatic heterocycles. The average molecular weight is 277 g/mol. The van der Waals surface area contributed by atoms with E-state index in [9.17, 15) is 9.18 Å². The summed E-state index contributed by atoms with van der Waals surface area (Å²) < 4.78 is 13.3. The van der Waals surface area contributed by atoms with Crippen LogP contribution in [0, 0.1) is 11.7 Å². The molecule has 3 rings (SSSR count). The molecule has 1 aliphatic carbocycles. The third-order valence-corrected chi connectivity index (χ3v) is 4.12. The first-order chi connectivity index (χ1) is 9.63. The fourth-order valence-corrected chi connectivity index (χ4v) is 2.68. The van der Waals surface area contributed by atoms with Crippen molar-refractivity contribution in [1.29, 1.82) is 0 Å². The molecule has 0 bridgehead atoms. The predicted molar refractivity (Wildman–Crippen MR) is 75.9 cm³/mol. The molecule has 20 heavy (non-hydrogen) atoms. The van der Waals surface area contributed by atoms with Crippen LogP contribution < -0.4 is 5.73 Å². The summed E-state index contributed by atoms with van der Waals surface area (Å²) in [6.07, 6.45) is 2.69. The van der Waals surface area contributed by atoms with E-state index in [4.69, 9.17) is 5.73 Å². The van der Waals surface area contributed by atoms with Crippen molar-refractivity contribution in [3.05, 3.63) is 29.6 Å². The van der Waals surface area contributed by atoms with Gasteiger partial charge in [0.2, 0.25) is 0 Å². The van der Waals surface area contributed by atoms with E-state index in [-0.39, 0.29) is 11.5 Å². The molecule has 1 saturated heterocycles. The van der Waals surface area contributed by atoms with Crippen LogP contribution in [0.4, 0.5) is 10.1 Å². The molecule has 2 fully saturated rings. The Kier molecular flexibility index (Phi) is 3.61. The van der Waals surface area contributed by atoms with Crippen molar-refractivity contribution in [1.82, 2.24) is 9.80 Å². The van der Waals surface area contributed by atoms with E-state index in [1.165, 1.54) is 31.0 Å². The van der Waals surface area contributed by atoms with Gasteiger partial charge >= 0.3 is 0 Å². The van der Waals surface area contributed by atoms with Crippen LogP contribution in [-0.2, 0) is 0 Å². The zero-order valence-electron chi connectivity index (χ0n) is 11.5. The quantitative estimate of drug-likeness (QED) is 0.853. The number of nitrogens with zero attached hydrogens (tertiary/aromatic N) is 2. The molecule has 108 valence electrons. The lowest BCUT2D eigenvalue weighted by Crippen LogP contribution is -2.49. The number of nitrogens with two attached hydrogens (primary N) is 1. The van der Waals surface area contributed by atoms with Gasteiger partial charge in [0.25, 0.3) is 5.91 Å². The molecule has 2 N–H and O–H groups in total. The monoisotopic (exact) mass is 277 g/mol. The molecular formula is C15H20FN3O. The number of carbonyl (C=O) groups excluding carboxylic acids is 1. The molecule has 1 saturated carbocycles. The molecule has 1 aromatic rings. The van der Waals surface area contributed by atoms with Gasteiger partial charge in [-0.1, -0.05) is 0 Å². The molecule has 5 heteroatoms. The van der Waals surface area contributed by atoms with Gasteiger partial charge in [0, 0.05) is 38.4 Å². The number of hydrogen-bond acceptors (Lipinski definition) is 3. The van der Waals surface area contributed by atoms with Crippen molar-refractivity contribution in [3.63, 3.8) is 0 Å². The van der Waals surface area contributed by atoms with Gasteiger partial charge < -0.3 is 10.6 Å². The molecule has 0 unspecified atom stereocenters. The molecule has 0 radical (unpaired) electrons. The van der Waals surface area contributed by atoms with Crippen LogP contribution in [-0.4, -0.2) is 48.4 Å². The van der Waals surface area contributed by atoms with E-state index < -0.39 is 5.82 Å². The van der Waals surface area contributed by atoms with Crippen molar-refractivity contribution in [2.45, 2.75) is 12.8 Å². The third-order valence-electron chi connectivity index (χ3n) is 4.12. The van der Waals surface area contributed by atoms with Gasteiger partial charge in [-0.2, -0.15) is 0 Å². The first kappa shape index (κ1) is 13.4. The van der Waals surface area contributed by atoms with Gasteiger partial charge in [-0.3, -0.25) is 9.69 Å². The van der Waals surface area contributed by atoms with Crippen LogP contribution >= 0.6 is 0 Å². The molecule has 1 aliphatic heterocycles. The SMILES string of the molecule is Nc1ccc(F)cc1C(=O)N1CCN(CC2CC2)CC1. The maximum absolute atomic E-state index is 13.3. The second-order valence-corrected chi connectivity index (χ2v) is 5.77. The number of halogens is 1. The van der Waals surface area contributed by atoms with Gasteiger partial charge in [0.1, 0.15) is 5.82 Å². The summed E-state index contributed by atoms with van der Waals surface area (Å²) in [7, 11) is 0. The van der Waals surface area contributed by atoms with Crippen molar-refractivity contribution in [2.24, 2.45) is 5.92 Å². The molecule has 1 heterocycles. The minimum atomic E-state index is -0.421. The summed E-state index contributed by atoms with van der Waals surface area (Å²) in [5.41, 5.74) is 6.40. The molecule has 1 aromatic carbocycles. The first-order valence-electron chi connectivity index (χ1n) is 7.20. The standard InChI is InChI=1S/C15H20FN3O/c16-12-3-4-14(17)13(9-12)15(20)19-7-5-18(6-8-19)10-11-1-2-11/h3-4,9,11H,1-2,5-8,10,17H2. The number of nitrogen functional groups attached to an aromatic ring is 1. The van der Waals surface area contributed by atoms with E-state index in [0.717, 1.165) is 25.6 Å².